The highest BCUT2D eigenvalue weighted by molar-refractivity contribution is 5.31. The Bertz CT molecular complexity index is 458. The van der Waals surface area contributed by atoms with Crippen LogP contribution < -0.4 is 5.32 Å². The summed E-state index contributed by atoms with van der Waals surface area (Å²) in [7, 11) is 0. The number of benzene rings is 1. The fraction of sp³-hybridized carbons (Fsp3) is 0.647. The van der Waals surface area contributed by atoms with Crippen LogP contribution >= 0.6 is 0 Å². The van der Waals surface area contributed by atoms with E-state index in [1.54, 1.807) is 0 Å². The molecule has 0 spiro atoms. The molecule has 2 atom stereocenters. The van der Waals surface area contributed by atoms with E-state index in [1.165, 1.54) is 12.8 Å². The second-order valence-electron chi connectivity index (χ2n) is 7.00. The lowest BCUT2D eigenvalue weighted by Crippen LogP contribution is -2.58. The van der Waals surface area contributed by atoms with Gasteiger partial charge >= 0.3 is 0 Å². The minimum absolute atomic E-state index is 0.0486. The molecule has 112 valence electrons. The number of aliphatic hydroxyl groups excluding tert-OH is 2. The minimum atomic E-state index is -0.786. The van der Waals surface area contributed by atoms with E-state index in [0.717, 1.165) is 24.0 Å². The van der Waals surface area contributed by atoms with Crippen LogP contribution in [-0.2, 0) is 6.42 Å². The quantitative estimate of drug-likeness (QED) is 0.793. The predicted octanol–water partition coefficient (Wildman–Crippen LogP) is 2.57. The predicted molar refractivity (Wildman–Crippen MR) is 81.7 cm³/mol. The van der Waals surface area contributed by atoms with Crippen LogP contribution in [-0.4, -0.2) is 27.9 Å². The summed E-state index contributed by atoms with van der Waals surface area (Å²) in [6, 6.07) is 7.88. The maximum atomic E-state index is 9.96. The third-order valence-corrected chi connectivity index (χ3v) is 4.34. The number of hydrogen-bond acceptors (Lipinski definition) is 3. The van der Waals surface area contributed by atoms with Crippen LogP contribution in [0.15, 0.2) is 24.3 Å². The zero-order valence-corrected chi connectivity index (χ0v) is 12.8. The van der Waals surface area contributed by atoms with Gasteiger partial charge in [0.2, 0.25) is 0 Å². The molecule has 0 aromatic heterocycles. The summed E-state index contributed by atoms with van der Waals surface area (Å²) in [5.74, 6) is 0. The van der Waals surface area contributed by atoms with Crippen LogP contribution in [0.2, 0.25) is 0 Å². The van der Waals surface area contributed by atoms with E-state index >= 15 is 0 Å². The van der Waals surface area contributed by atoms with Gasteiger partial charge in [0, 0.05) is 11.1 Å². The molecule has 20 heavy (non-hydrogen) atoms. The summed E-state index contributed by atoms with van der Waals surface area (Å²) in [5.41, 5.74) is 2.19. The smallest absolute Gasteiger partial charge is 0.102 e. The standard InChI is InChI=1S/C17H27NO2/c1-16(2)9-6-10-17(3,18-16)11-13-7-4-5-8-14(13)15(20)12-19/h4-5,7-8,15,18-20H,6,9-12H2,1-3H3. The van der Waals surface area contributed by atoms with Crippen molar-refractivity contribution in [3.8, 4) is 0 Å². The van der Waals surface area contributed by atoms with Gasteiger partial charge in [-0.25, -0.2) is 0 Å². The fourth-order valence-electron chi connectivity index (χ4n) is 3.53. The molecule has 1 fully saturated rings. The summed E-state index contributed by atoms with van der Waals surface area (Å²) >= 11 is 0. The Labute approximate surface area is 122 Å². The molecule has 1 aliphatic heterocycles. The highest BCUT2D eigenvalue weighted by Gasteiger charge is 2.36. The van der Waals surface area contributed by atoms with Crippen LogP contribution in [0.3, 0.4) is 0 Å². The van der Waals surface area contributed by atoms with Gasteiger partial charge in [0.05, 0.1) is 6.61 Å². The summed E-state index contributed by atoms with van der Waals surface area (Å²) < 4.78 is 0. The molecule has 2 unspecified atom stereocenters. The third kappa shape index (κ3) is 3.60. The van der Waals surface area contributed by atoms with Gasteiger partial charge in [-0.15, -0.1) is 0 Å². The van der Waals surface area contributed by atoms with E-state index in [9.17, 15) is 10.2 Å². The van der Waals surface area contributed by atoms with E-state index in [1.807, 2.05) is 18.2 Å². The molecule has 2 rings (SSSR count). The molecule has 3 N–H and O–H groups in total. The van der Waals surface area contributed by atoms with Crippen molar-refractivity contribution in [2.45, 2.75) is 63.6 Å². The molecule has 1 saturated heterocycles. The Morgan fingerprint density at radius 2 is 1.90 bits per heavy atom. The van der Waals surface area contributed by atoms with Gasteiger partial charge in [-0.1, -0.05) is 24.3 Å². The lowest BCUT2D eigenvalue weighted by molar-refractivity contribution is 0.0939. The highest BCUT2D eigenvalue weighted by Crippen LogP contribution is 2.32. The molecule has 0 radical (unpaired) electrons. The van der Waals surface area contributed by atoms with E-state index in [2.05, 4.69) is 32.2 Å². The first-order valence-electron chi connectivity index (χ1n) is 7.51. The molecular formula is C17H27NO2. The van der Waals surface area contributed by atoms with Gasteiger partial charge < -0.3 is 15.5 Å². The van der Waals surface area contributed by atoms with Crippen molar-refractivity contribution in [1.82, 2.24) is 5.32 Å². The Morgan fingerprint density at radius 1 is 1.20 bits per heavy atom. The van der Waals surface area contributed by atoms with Crippen molar-refractivity contribution in [3.05, 3.63) is 35.4 Å². The number of aliphatic hydroxyl groups is 2. The second kappa shape index (κ2) is 5.84. The Hall–Kier alpha value is -0.900. The van der Waals surface area contributed by atoms with E-state index in [-0.39, 0.29) is 17.7 Å². The Balaban J connectivity index is 2.21. The first-order chi connectivity index (χ1) is 9.35. The molecule has 3 heteroatoms. The topological polar surface area (TPSA) is 52.5 Å². The van der Waals surface area contributed by atoms with Crippen LogP contribution in [0.25, 0.3) is 0 Å². The average molecular weight is 277 g/mol. The first kappa shape index (κ1) is 15.5. The fourth-order valence-corrected chi connectivity index (χ4v) is 3.53. The minimum Gasteiger partial charge on any atom is -0.393 e. The van der Waals surface area contributed by atoms with Crippen molar-refractivity contribution in [3.63, 3.8) is 0 Å². The Kier molecular flexibility index (Phi) is 4.52. The van der Waals surface area contributed by atoms with Crippen molar-refractivity contribution >= 4 is 0 Å². The zero-order valence-electron chi connectivity index (χ0n) is 12.8. The monoisotopic (exact) mass is 277 g/mol. The molecule has 0 aliphatic carbocycles. The van der Waals surface area contributed by atoms with Crippen LogP contribution in [0.4, 0.5) is 0 Å². The number of rotatable bonds is 4. The van der Waals surface area contributed by atoms with Gasteiger partial charge in [0.15, 0.2) is 0 Å². The van der Waals surface area contributed by atoms with Crippen molar-refractivity contribution in [1.29, 1.82) is 0 Å². The molecule has 1 aliphatic rings. The number of piperidine rings is 1. The number of nitrogens with one attached hydrogen (secondary N) is 1. The van der Waals surface area contributed by atoms with Crippen molar-refractivity contribution < 1.29 is 10.2 Å². The first-order valence-corrected chi connectivity index (χ1v) is 7.51. The summed E-state index contributed by atoms with van der Waals surface area (Å²) in [4.78, 5) is 0. The van der Waals surface area contributed by atoms with Gasteiger partial charge in [-0.05, 0) is 57.6 Å². The van der Waals surface area contributed by atoms with Gasteiger partial charge in [0.1, 0.15) is 6.10 Å². The summed E-state index contributed by atoms with van der Waals surface area (Å²) in [5, 5.41) is 22.9. The van der Waals surface area contributed by atoms with Gasteiger partial charge in [-0.2, -0.15) is 0 Å². The lowest BCUT2D eigenvalue weighted by Gasteiger charge is -2.45. The zero-order chi connectivity index (χ0) is 14.8. The van der Waals surface area contributed by atoms with E-state index in [0.29, 0.717) is 0 Å². The second-order valence-corrected chi connectivity index (χ2v) is 7.00. The van der Waals surface area contributed by atoms with Crippen LogP contribution in [0, 0.1) is 0 Å². The third-order valence-electron chi connectivity index (χ3n) is 4.34. The van der Waals surface area contributed by atoms with E-state index in [4.69, 9.17) is 0 Å². The largest absolute Gasteiger partial charge is 0.393 e. The molecule has 0 saturated carbocycles. The lowest BCUT2D eigenvalue weighted by atomic mass is 9.77. The molecule has 1 heterocycles. The van der Waals surface area contributed by atoms with Crippen LogP contribution in [0.5, 0.6) is 0 Å². The van der Waals surface area contributed by atoms with Gasteiger partial charge in [-0.3, -0.25) is 0 Å². The molecular weight excluding hydrogens is 250 g/mol. The normalized spacial score (nSPS) is 27.2. The summed E-state index contributed by atoms with van der Waals surface area (Å²) in [6.45, 7) is 6.53. The molecule has 0 amide bonds. The number of hydrogen-bond donors (Lipinski definition) is 3. The SMILES string of the molecule is CC1(C)CCCC(C)(Cc2ccccc2C(O)CO)N1. The average Bonchev–Trinajstić information content (AvgIpc) is 2.36. The molecule has 1 aromatic carbocycles. The van der Waals surface area contributed by atoms with Gasteiger partial charge in [0.25, 0.3) is 0 Å². The summed E-state index contributed by atoms with van der Waals surface area (Å²) in [6.07, 6.45) is 3.65. The van der Waals surface area contributed by atoms with Crippen LogP contribution in [0.1, 0.15) is 57.3 Å². The maximum Gasteiger partial charge on any atom is 0.102 e. The molecule has 0 bridgehead atoms. The Morgan fingerprint density at radius 3 is 2.55 bits per heavy atom. The van der Waals surface area contributed by atoms with Crippen molar-refractivity contribution in [2.24, 2.45) is 0 Å². The molecule has 1 aromatic rings. The van der Waals surface area contributed by atoms with E-state index < -0.39 is 6.10 Å². The molecule has 3 nitrogen and oxygen atoms in total. The highest BCUT2D eigenvalue weighted by atomic mass is 16.3. The maximum absolute atomic E-state index is 9.96. The van der Waals surface area contributed by atoms with Crippen molar-refractivity contribution in [2.75, 3.05) is 6.61 Å².